The maximum absolute atomic E-state index is 13.6. The van der Waals surface area contributed by atoms with Crippen LogP contribution in [0, 0.1) is 0 Å². The Kier molecular flexibility index (Phi) is 8.00. The van der Waals surface area contributed by atoms with Crippen LogP contribution in [0.2, 0.25) is 0 Å². The molecule has 0 fully saturated rings. The summed E-state index contributed by atoms with van der Waals surface area (Å²) in [6.07, 6.45) is 5.68. The van der Waals surface area contributed by atoms with Crippen molar-refractivity contribution in [2.75, 3.05) is 24.6 Å². The Bertz CT molecular complexity index is 1460. The maximum atomic E-state index is 13.6. The molecule has 186 valence electrons. The summed E-state index contributed by atoms with van der Waals surface area (Å²) in [6, 6.07) is 17.4. The van der Waals surface area contributed by atoms with E-state index < -0.39 is 12.0 Å². The van der Waals surface area contributed by atoms with Crippen molar-refractivity contribution in [3.8, 4) is 0 Å². The normalized spacial score (nSPS) is 15.7. The first kappa shape index (κ1) is 25.4. The number of allylic oxidation sites excluding steroid dienone is 2. The van der Waals surface area contributed by atoms with Gasteiger partial charge in [-0.15, -0.1) is 0 Å². The lowest BCUT2D eigenvalue weighted by Gasteiger charge is -2.21. The molecule has 0 aliphatic carbocycles. The van der Waals surface area contributed by atoms with Gasteiger partial charge in [0.25, 0.3) is 5.56 Å². The van der Waals surface area contributed by atoms with Crippen LogP contribution >= 0.6 is 11.3 Å². The Morgan fingerprint density at radius 2 is 1.75 bits per heavy atom. The Morgan fingerprint density at radius 3 is 2.39 bits per heavy atom. The molecule has 0 amide bonds. The highest BCUT2D eigenvalue weighted by Crippen LogP contribution is 2.26. The highest BCUT2D eigenvalue weighted by atomic mass is 32.1. The van der Waals surface area contributed by atoms with Gasteiger partial charge in [-0.25, -0.2) is 9.79 Å². The van der Waals surface area contributed by atoms with Gasteiger partial charge in [0.05, 0.1) is 28.5 Å². The van der Waals surface area contributed by atoms with Crippen LogP contribution in [0.25, 0.3) is 12.2 Å². The van der Waals surface area contributed by atoms with Crippen molar-refractivity contribution in [2.45, 2.75) is 33.7 Å². The number of carbonyl (C=O) groups excluding carboxylic acids is 1. The number of aromatic nitrogens is 1. The third kappa shape index (κ3) is 5.26. The molecule has 6 nitrogen and oxygen atoms in total. The summed E-state index contributed by atoms with van der Waals surface area (Å²) in [5, 5.41) is 0. The Morgan fingerprint density at radius 1 is 1.06 bits per heavy atom. The average molecular weight is 502 g/mol. The molecule has 0 radical (unpaired) electrons. The van der Waals surface area contributed by atoms with Gasteiger partial charge in [0, 0.05) is 18.8 Å². The van der Waals surface area contributed by atoms with E-state index in [0.29, 0.717) is 20.6 Å². The topological polar surface area (TPSA) is 63.9 Å². The minimum atomic E-state index is -0.604. The predicted octanol–water partition coefficient (Wildman–Crippen LogP) is 4.31. The van der Waals surface area contributed by atoms with Gasteiger partial charge in [-0.3, -0.25) is 9.36 Å². The number of hydrogen-bond acceptors (Lipinski definition) is 6. The second kappa shape index (κ2) is 11.4. The Hall–Kier alpha value is -3.71. The molecule has 2 heterocycles. The van der Waals surface area contributed by atoms with Crippen molar-refractivity contribution in [1.29, 1.82) is 0 Å². The Balaban J connectivity index is 1.79. The van der Waals surface area contributed by atoms with Gasteiger partial charge in [0.1, 0.15) is 0 Å². The van der Waals surface area contributed by atoms with E-state index in [1.807, 2.05) is 60.7 Å². The molecule has 1 aliphatic heterocycles. The van der Waals surface area contributed by atoms with E-state index in [1.165, 1.54) is 11.3 Å². The van der Waals surface area contributed by atoms with Crippen LogP contribution in [0.1, 0.15) is 44.9 Å². The fraction of sp³-hybridized carbons (Fsp3) is 0.276. The van der Waals surface area contributed by atoms with Crippen LogP contribution in [0.4, 0.5) is 5.69 Å². The van der Waals surface area contributed by atoms with E-state index in [4.69, 9.17) is 4.74 Å². The van der Waals surface area contributed by atoms with Gasteiger partial charge in [-0.1, -0.05) is 66.0 Å². The summed E-state index contributed by atoms with van der Waals surface area (Å²) < 4.78 is 7.49. The number of esters is 1. The lowest BCUT2D eigenvalue weighted by Crippen LogP contribution is -2.38. The van der Waals surface area contributed by atoms with Crippen LogP contribution in [-0.4, -0.2) is 30.2 Å². The molecule has 3 aromatic rings. The van der Waals surface area contributed by atoms with Gasteiger partial charge >= 0.3 is 5.97 Å². The lowest BCUT2D eigenvalue weighted by atomic mass is 10.0. The fourth-order valence-corrected chi connectivity index (χ4v) is 5.36. The molecule has 4 rings (SSSR count). The van der Waals surface area contributed by atoms with Gasteiger partial charge in [0.2, 0.25) is 0 Å². The van der Waals surface area contributed by atoms with Crippen LogP contribution in [-0.2, 0) is 9.53 Å². The maximum Gasteiger partial charge on any atom is 0.338 e. The van der Waals surface area contributed by atoms with Gasteiger partial charge in [-0.05, 0) is 57.0 Å². The Labute approximate surface area is 215 Å². The zero-order valence-corrected chi connectivity index (χ0v) is 21.9. The lowest BCUT2D eigenvalue weighted by molar-refractivity contribution is -0.139. The first-order chi connectivity index (χ1) is 17.5. The number of nitrogens with zero attached hydrogens (tertiary/aromatic N) is 3. The van der Waals surface area contributed by atoms with E-state index in [1.54, 1.807) is 18.4 Å². The van der Waals surface area contributed by atoms with Crippen molar-refractivity contribution in [3.63, 3.8) is 0 Å². The van der Waals surface area contributed by atoms with Crippen molar-refractivity contribution < 1.29 is 9.53 Å². The van der Waals surface area contributed by atoms with Crippen molar-refractivity contribution in [2.24, 2.45) is 4.99 Å². The molecule has 1 unspecified atom stereocenters. The number of rotatable bonds is 8. The summed E-state index contributed by atoms with van der Waals surface area (Å²) >= 11 is 1.33. The molecule has 1 aromatic heterocycles. The molecular weight excluding hydrogens is 470 g/mol. The number of carbonyl (C=O) groups is 1. The number of fused-ring (bicyclic) bond motifs is 1. The number of ether oxygens (including phenoxy) is 1. The van der Waals surface area contributed by atoms with Gasteiger partial charge in [-0.2, -0.15) is 0 Å². The van der Waals surface area contributed by atoms with E-state index in [-0.39, 0.29) is 12.2 Å². The second-order valence-electron chi connectivity index (χ2n) is 8.38. The number of thiazole rings is 1. The van der Waals surface area contributed by atoms with E-state index in [0.717, 1.165) is 29.9 Å². The second-order valence-corrected chi connectivity index (χ2v) is 9.39. The molecule has 0 spiro atoms. The van der Waals surface area contributed by atoms with E-state index >= 15 is 0 Å². The van der Waals surface area contributed by atoms with Crippen LogP contribution in [0.5, 0.6) is 0 Å². The zero-order chi connectivity index (χ0) is 25.7. The third-order valence-electron chi connectivity index (χ3n) is 6.15. The quantitative estimate of drug-likeness (QED) is 0.432. The average Bonchev–Trinajstić information content (AvgIpc) is 3.19. The van der Waals surface area contributed by atoms with Crippen LogP contribution in [0.15, 0.2) is 81.7 Å². The fourth-order valence-electron chi connectivity index (χ4n) is 4.30. The van der Waals surface area contributed by atoms with Gasteiger partial charge < -0.3 is 9.64 Å². The number of benzene rings is 2. The molecule has 0 saturated carbocycles. The minimum Gasteiger partial charge on any atom is -0.463 e. The summed E-state index contributed by atoms with van der Waals surface area (Å²) in [5.41, 5.74) is 3.83. The third-order valence-corrected chi connectivity index (χ3v) is 7.13. The molecule has 2 aromatic carbocycles. The molecule has 36 heavy (non-hydrogen) atoms. The van der Waals surface area contributed by atoms with Crippen LogP contribution < -0.4 is 19.8 Å². The van der Waals surface area contributed by atoms with Crippen molar-refractivity contribution in [3.05, 3.63) is 103 Å². The monoisotopic (exact) mass is 501 g/mol. The van der Waals surface area contributed by atoms with E-state index in [9.17, 15) is 9.59 Å². The summed E-state index contributed by atoms with van der Waals surface area (Å²) in [4.78, 5) is 34.0. The van der Waals surface area contributed by atoms with Crippen molar-refractivity contribution >= 4 is 35.1 Å². The van der Waals surface area contributed by atoms with Crippen molar-refractivity contribution in [1.82, 2.24) is 4.57 Å². The highest BCUT2D eigenvalue weighted by Gasteiger charge is 2.30. The highest BCUT2D eigenvalue weighted by molar-refractivity contribution is 7.07. The summed E-state index contributed by atoms with van der Waals surface area (Å²) in [5.74, 6) is -0.456. The smallest absolute Gasteiger partial charge is 0.338 e. The summed E-state index contributed by atoms with van der Waals surface area (Å²) in [6.45, 7) is 9.95. The van der Waals surface area contributed by atoms with Crippen LogP contribution in [0.3, 0.4) is 0 Å². The summed E-state index contributed by atoms with van der Waals surface area (Å²) in [7, 11) is 0. The molecule has 7 heteroatoms. The largest absolute Gasteiger partial charge is 0.463 e. The number of hydrogen-bond donors (Lipinski definition) is 0. The van der Waals surface area contributed by atoms with E-state index in [2.05, 4.69) is 35.9 Å². The molecule has 0 bridgehead atoms. The molecule has 0 N–H and O–H groups in total. The molecular formula is C29H31N3O3S. The number of anilines is 1. The molecule has 1 aliphatic rings. The first-order valence-electron chi connectivity index (χ1n) is 12.2. The first-order valence-corrected chi connectivity index (χ1v) is 13.1. The minimum absolute atomic E-state index is 0.177. The molecule has 0 saturated heterocycles. The SMILES string of the molecule is CCOC(=O)C1=C(C)N=c2s/c(=C/c3ccc(N(CC)CC)cc3)c(=O)n2C1/C=C/c1ccccc1. The molecule has 1 atom stereocenters. The zero-order valence-electron chi connectivity index (χ0n) is 21.1. The van der Waals surface area contributed by atoms with Gasteiger partial charge in [0.15, 0.2) is 4.80 Å². The standard InChI is InChI=1S/C29H31N3O3S/c1-5-31(6-2)23-16-13-22(14-17-23)19-25-27(33)32-24(18-15-21-11-9-8-10-12-21)26(28(34)35-7-3)20(4)30-29(32)36-25/h8-19,24H,5-7H2,1-4H3/b18-15+,25-19+. The predicted molar refractivity (Wildman–Crippen MR) is 147 cm³/mol.